The molecule has 1 aromatic rings. The number of rotatable bonds is 3. The number of para-hydroxylation sites is 1. The number of hydrogen-bond donors (Lipinski definition) is 0. The van der Waals surface area contributed by atoms with E-state index in [1.165, 1.54) is 16.8 Å². The molecule has 1 nitrogen and oxygen atoms in total. The van der Waals surface area contributed by atoms with Crippen LogP contribution < -0.4 is 4.23 Å². The van der Waals surface area contributed by atoms with Gasteiger partial charge in [-0.3, -0.25) is 0 Å². The molecule has 0 aromatic heterocycles. The predicted molar refractivity (Wildman–Crippen MR) is 85.1 cm³/mol. The molecule has 0 spiro atoms. The molecule has 0 aliphatic heterocycles. The maximum absolute atomic E-state index is 2.81. The number of hydrogen-bond acceptors (Lipinski definition) is 1. The molecule has 1 aromatic carbocycles. The first-order chi connectivity index (χ1) is 7.55. The van der Waals surface area contributed by atoms with Crippen LogP contribution in [0.2, 0.25) is 39.3 Å². The quantitative estimate of drug-likeness (QED) is 0.711. The van der Waals surface area contributed by atoms with Crippen LogP contribution in [0, 0.1) is 13.8 Å². The van der Waals surface area contributed by atoms with E-state index in [4.69, 9.17) is 0 Å². The lowest BCUT2D eigenvalue weighted by atomic mass is 10.1. The van der Waals surface area contributed by atoms with Gasteiger partial charge in [-0.15, -0.1) is 0 Å². The number of nitrogens with zero attached hydrogens (tertiary/aromatic N) is 1. The van der Waals surface area contributed by atoms with Gasteiger partial charge in [0.15, 0.2) is 0 Å². The van der Waals surface area contributed by atoms with E-state index in [0.717, 1.165) is 0 Å². The van der Waals surface area contributed by atoms with Crippen molar-refractivity contribution in [3.8, 4) is 0 Å². The van der Waals surface area contributed by atoms with Gasteiger partial charge in [0, 0.05) is 5.69 Å². The van der Waals surface area contributed by atoms with Gasteiger partial charge in [-0.1, -0.05) is 57.5 Å². The van der Waals surface area contributed by atoms with Gasteiger partial charge in [-0.05, 0) is 25.0 Å². The molecule has 0 radical (unpaired) electrons. The zero-order chi connectivity index (χ0) is 13.4. The molecule has 0 heterocycles. The maximum Gasteiger partial charge on any atom is 0.138 e. The van der Waals surface area contributed by atoms with Crippen molar-refractivity contribution in [1.29, 1.82) is 0 Å². The summed E-state index contributed by atoms with van der Waals surface area (Å²) in [5.41, 5.74) is 4.36. The fraction of sp³-hybridized carbons (Fsp3) is 0.571. The monoisotopic (exact) mass is 265 g/mol. The molecule has 0 saturated heterocycles. The summed E-state index contributed by atoms with van der Waals surface area (Å²) in [7, 11) is -2.66. The largest absolute Gasteiger partial charge is 0.424 e. The number of aryl methyl sites for hydroxylation is 2. The molecule has 0 aliphatic rings. The topological polar surface area (TPSA) is 3.24 Å². The minimum Gasteiger partial charge on any atom is -0.424 e. The van der Waals surface area contributed by atoms with E-state index < -0.39 is 16.5 Å². The summed E-state index contributed by atoms with van der Waals surface area (Å²) in [5, 5.41) is 0. The smallest absolute Gasteiger partial charge is 0.138 e. The standard InChI is InChI=1S/C14H27NSi2/c1-12-10-9-11-13(2)14(12)15(16(3,4)5)17(6,7)8/h9-11H,1-8H3. The van der Waals surface area contributed by atoms with Crippen molar-refractivity contribution in [3.63, 3.8) is 0 Å². The van der Waals surface area contributed by atoms with Crippen LogP contribution in [0.25, 0.3) is 0 Å². The second-order valence-electron chi connectivity index (χ2n) is 6.92. The molecule has 0 fully saturated rings. The molecule has 0 amide bonds. The highest BCUT2D eigenvalue weighted by Gasteiger charge is 2.35. The van der Waals surface area contributed by atoms with Crippen LogP contribution in [-0.2, 0) is 0 Å². The third-order valence-corrected chi connectivity index (χ3v) is 10.2. The second-order valence-corrected chi connectivity index (χ2v) is 16.9. The van der Waals surface area contributed by atoms with Crippen molar-refractivity contribution >= 4 is 22.2 Å². The fourth-order valence-corrected chi connectivity index (χ4v) is 12.9. The SMILES string of the molecule is Cc1cccc(C)c1N([Si](C)(C)C)[Si](C)(C)C. The zero-order valence-electron chi connectivity index (χ0n) is 12.7. The average Bonchev–Trinajstić information content (AvgIpc) is 2.06. The molecule has 0 atom stereocenters. The lowest BCUT2D eigenvalue weighted by Crippen LogP contribution is -2.60. The van der Waals surface area contributed by atoms with E-state index in [1.807, 2.05) is 0 Å². The number of anilines is 1. The van der Waals surface area contributed by atoms with Gasteiger partial charge in [0.1, 0.15) is 16.5 Å². The minimum atomic E-state index is -1.33. The molecular weight excluding hydrogens is 238 g/mol. The molecule has 0 saturated carbocycles. The highest BCUT2D eigenvalue weighted by atomic mass is 28.4. The molecule has 1 rings (SSSR count). The van der Waals surface area contributed by atoms with Crippen LogP contribution in [0.1, 0.15) is 11.1 Å². The zero-order valence-corrected chi connectivity index (χ0v) is 14.7. The highest BCUT2D eigenvalue weighted by molar-refractivity contribution is 6.99. The lowest BCUT2D eigenvalue weighted by Gasteiger charge is -2.47. The highest BCUT2D eigenvalue weighted by Crippen LogP contribution is 2.33. The minimum absolute atomic E-state index is 1.33. The van der Waals surface area contributed by atoms with Gasteiger partial charge in [-0.2, -0.15) is 0 Å². The van der Waals surface area contributed by atoms with Gasteiger partial charge in [0.05, 0.1) is 0 Å². The van der Waals surface area contributed by atoms with Crippen molar-refractivity contribution < 1.29 is 0 Å². The summed E-state index contributed by atoms with van der Waals surface area (Å²) < 4.78 is 2.81. The summed E-state index contributed by atoms with van der Waals surface area (Å²) in [6, 6.07) is 6.66. The van der Waals surface area contributed by atoms with E-state index in [-0.39, 0.29) is 0 Å². The summed E-state index contributed by atoms with van der Waals surface area (Å²) in [6.07, 6.45) is 0. The Hall–Kier alpha value is -0.546. The van der Waals surface area contributed by atoms with Crippen molar-refractivity contribution in [2.75, 3.05) is 4.23 Å². The summed E-state index contributed by atoms with van der Waals surface area (Å²) >= 11 is 0. The van der Waals surface area contributed by atoms with Crippen LogP contribution in [0.15, 0.2) is 18.2 Å². The van der Waals surface area contributed by atoms with Gasteiger partial charge in [0.25, 0.3) is 0 Å². The van der Waals surface area contributed by atoms with Crippen LogP contribution in [0.3, 0.4) is 0 Å². The number of benzene rings is 1. The van der Waals surface area contributed by atoms with E-state index in [2.05, 4.69) is 75.6 Å². The summed E-state index contributed by atoms with van der Waals surface area (Å²) in [6.45, 7) is 19.2. The van der Waals surface area contributed by atoms with Crippen molar-refractivity contribution in [2.45, 2.75) is 53.1 Å². The lowest BCUT2D eigenvalue weighted by molar-refractivity contribution is 1.27. The maximum atomic E-state index is 2.81. The fourth-order valence-electron chi connectivity index (χ4n) is 2.84. The van der Waals surface area contributed by atoms with Crippen molar-refractivity contribution in [3.05, 3.63) is 29.3 Å². The van der Waals surface area contributed by atoms with Gasteiger partial charge < -0.3 is 4.23 Å². The average molecular weight is 266 g/mol. The third kappa shape index (κ3) is 3.22. The first-order valence-corrected chi connectivity index (χ1v) is 13.3. The van der Waals surface area contributed by atoms with E-state index >= 15 is 0 Å². The molecule has 0 N–H and O–H groups in total. The summed E-state index contributed by atoms with van der Waals surface area (Å²) in [4.78, 5) is 0. The second kappa shape index (κ2) is 4.61. The molecule has 0 aliphatic carbocycles. The molecule has 96 valence electrons. The molecule has 17 heavy (non-hydrogen) atoms. The Kier molecular flexibility index (Phi) is 3.94. The van der Waals surface area contributed by atoms with E-state index in [1.54, 1.807) is 0 Å². The Morgan fingerprint density at radius 2 is 1.12 bits per heavy atom. The summed E-state index contributed by atoms with van der Waals surface area (Å²) in [5.74, 6) is 0. The molecular formula is C14H27NSi2. The van der Waals surface area contributed by atoms with Crippen LogP contribution in [0.4, 0.5) is 5.69 Å². The Balaban J connectivity index is 3.44. The van der Waals surface area contributed by atoms with E-state index in [0.29, 0.717) is 0 Å². The van der Waals surface area contributed by atoms with Crippen molar-refractivity contribution in [1.82, 2.24) is 0 Å². The van der Waals surface area contributed by atoms with Crippen LogP contribution in [0.5, 0.6) is 0 Å². The first-order valence-electron chi connectivity index (χ1n) is 6.41. The third-order valence-electron chi connectivity index (χ3n) is 3.00. The Labute approximate surface area is 109 Å². The predicted octanol–water partition coefficient (Wildman–Crippen LogP) is 4.78. The normalized spacial score (nSPS) is 12.7. The van der Waals surface area contributed by atoms with E-state index in [9.17, 15) is 0 Å². The molecule has 3 heteroatoms. The van der Waals surface area contributed by atoms with Gasteiger partial charge >= 0.3 is 0 Å². The molecule has 0 unspecified atom stereocenters. The van der Waals surface area contributed by atoms with Crippen LogP contribution >= 0.6 is 0 Å². The van der Waals surface area contributed by atoms with Gasteiger partial charge in [0.2, 0.25) is 0 Å². The van der Waals surface area contributed by atoms with Crippen LogP contribution in [-0.4, -0.2) is 16.5 Å². The van der Waals surface area contributed by atoms with Gasteiger partial charge in [-0.25, -0.2) is 0 Å². The van der Waals surface area contributed by atoms with Crippen molar-refractivity contribution in [2.24, 2.45) is 0 Å². The Morgan fingerprint density at radius 1 is 0.765 bits per heavy atom. The Morgan fingerprint density at radius 3 is 1.41 bits per heavy atom. The molecule has 0 bridgehead atoms. The Bertz CT molecular complexity index is 365. The first kappa shape index (κ1) is 14.5.